The largest absolute Gasteiger partial charge is 0.356 e. The molecule has 0 spiro atoms. The molecule has 5 nitrogen and oxygen atoms in total. The van der Waals surface area contributed by atoms with Crippen LogP contribution in [0, 0.1) is 5.92 Å². The van der Waals surface area contributed by atoms with Gasteiger partial charge >= 0.3 is 0 Å². The Hall–Kier alpha value is -1.92. The molecule has 1 aromatic carbocycles. The number of thiazole rings is 1. The Morgan fingerprint density at radius 1 is 1.30 bits per heavy atom. The van der Waals surface area contributed by atoms with Crippen molar-refractivity contribution in [2.45, 2.75) is 45.4 Å². The first-order valence-corrected chi connectivity index (χ1v) is 10.5. The van der Waals surface area contributed by atoms with Crippen molar-refractivity contribution in [1.82, 2.24) is 10.3 Å². The highest BCUT2D eigenvalue weighted by Crippen LogP contribution is 2.37. The molecule has 1 atom stereocenters. The van der Waals surface area contributed by atoms with E-state index in [-0.39, 0.29) is 17.7 Å². The summed E-state index contributed by atoms with van der Waals surface area (Å²) in [6.45, 7) is 4.97. The van der Waals surface area contributed by atoms with Crippen molar-refractivity contribution < 1.29 is 9.59 Å². The first kappa shape index (κ1) is 19.8. The summed E-state index contributed by atoms with van der Waals surface area (Å²) in [5.41, 5.74) is 1.34. The van der Waals surface area contributed by atoms with Gasteiger partial charge in [-0.05, 0) is 55.9 Å². The Kier molecular flexibility index (Phi) is 6.50. The Bertz CT molecular complexity index is 817. The van der Waals surface area contributed by atoms with Gasteiger partial charge in [-0.1, -0.05) is 25.4 Å². The van der Waals surface area contributed by atoms with Crippen LogP contribution in [0.4, 0.5) is 5.13 Å². The molecule has 1 unspecified atom stereocenters. The third kappa shape index (κ3) is 5.08. The topological polar surface area (TPSA) is 71.1 Å². The van der Waals surface area contributed by atoms with E-state index in [0.717, 1.165) is 36.3 Å². The van der Waals surface area contributed by atoms with E-state index in [4.69, 9.17) is 11.6 Å². The number of carbonyl (C=O) groups excluding carboxylic acids is 2. The summed E-state index contributed by atoms with van der Waals surface area (Å²) >= 11 is 7.33. The lowest BCUT2D eigenvalue weighted by Crippen LogP contribution is -2.32. The average molecular weight is 406 g/mol. The van der Waals surface area contributed by atoms with Crippen molar-refractivity contribution >= 4 is 39.9 Å². The monoisotopic (exact) mass is 405 g/mol. The van der Waals surface area contributed by atoms with E-state index in [1.807, 2.05) is 0 Å². The van der Waals surface area contributed by atoms with Gasteiger partial charge in [0.1, 0.15) is 0 Å². The molecule has 0 aliphatic heterocycles. The van der Waals surface area contributed by atoms with Gasteiger partial charge in [0, 0.05) is 22.0 Å². The van der Waals surface area contributed by atoms with Crippen LogP contribution in [-0.2, 0) is 11.2 Å². The summed E-state index contributed by atoms with van der Waals surface area (Å²) in [5, 5.41) is 7.01. The predicted molar refractivity (Wildman–Crippen MR) is 110 cm³/mol. The van der Waals surface area contributed by atoms with Crippen molar-refractivity contribution in [2.24, 2.45) is 5.92 Å². The SMILES string of the molecule is CC(C)CCNC(=O)C1CCCc2sc(NC(=O)c3ccc(Cl)cc3)nc21. The van der Waals surface area contributed by atoms with Gasteiger partial charge in [0.2, 0.25) is 5.91 Å². The molecule has 1 aromatic heterocycles. The third-order valence-electron chi connectivity index (χ3n) is 4.62. The fourth-order valence-electron chi connectivity index (χ4n) is 3.10. The summed E-state index contributed by atoms with van der Waals surface area (Å²) in [5.74, 6) is 0.146. The number of hydrogen-bond acceptors (Lipinski definition) is 4. The van der Waals surface area contributed by atoms with E-state index in [1.54, 1.807) is 24.3 Å². The maximum atomic E-state index is 12.6. The second-order valence-electron chi connectivity index (χ2n) is 7.21. The van der Waals surface area contributed by atoms with Crippen LogP contribution in [0.15, 0.2) is 24.3 Å². The number of rotatable bonds is 6. The van der Waals surface area contributed by atoms with E-state index in [9.17, 15) is 9.59 Å². The molecule has 2 N–H and O–H groups in total. The number of anilines is 1. The minimum Gasteiger partial charge on any atom is -0.356 e. The van der Waals surface area contributed by atoms with Crippen LogP contribution >= 0.6 is 22.9 Å². The van der Waals surface area contributed by atoms with Crippen molar-refractivity contribution in [2.75, 3.05) is 11.9 Å². The normalized spacial score (nSPS) is 16.1. The fraction of sp³-hybridized carbons (Fsp3) is 0.450. The predicted octanol–water partition coefficient (Wildman–Crippen LogP) is 4.63. The smallest absolute Gasteiger partial charge is 0.257 e. The molecular formula is C20H24ClN3O2S. The molecule has 0 saturated carbocycles. The first-order chi connectivity index (χ1) is 12.9. The molecule has 0 fully saturated rings. The van der Waals surface area contributed by atoms with Crippen LogP contribution < -0.4 is 10.6 Å². The molecule has 3 rings (SSSR count). The molecule has 27 heavy (non-hydrogen) atoms. The Labute approximate surface area is 168 Å². The van der Waals surface area contributed by atoms with Gasteiger partial charge < -0.3 is 5.32 Å². The molecule has 2 amide bonds. The number of amides is 2. The molecule has 1 aliphatic carbocycles. The Morgan fingerprint density at radius 2 is 2.04 bits per heavy atom. The number of aromatic nitrogens is 1. The molecule has 2 aromatic rings. The molecular weight excluding hydrogens is 382 g/mol. The number of halogens is 1. The number of carbonyl (C=O) groups is 2. The maximum absolute atomic E-state index is 12.6. The molecule has 1 aliphatic rings. The van der Waals surface area contributed by atoms with E-state index in [1.165, 1.54) is 11.3 Å². The van der Waals surface area contributed by atoms with Gasteiger partial charge in [-0.2, -0.15) is 0 Å². The van der Waals surface area contributed by atoms with Crippen LogP contribution in [0.2, 0.25) is 5.02 Å². The Morgan fingerprint density at radius 3 is 2.74 bits per heavy atom. The third-order valence-corrected chi connectivity index (χ3v) is 5.92. The summed E-state index contributed by atoms with van der Waals surface area (Å²) in [4.78, 5) is 30.6. The highest BCUT2D eigenvalue weighted by atomic mass is 35.5. The van der Waals surface area contributed by atoms with Crippen LogP contribution in [-0.4, -0.2) is 23.3 Å². The number of nitrogens with zero attached hydrogens (tertiary/aromatic N) is 1. The van der Waals surface area contributed by atoms with Crippen LogP contribution in [0.25, 0.3) is 0 Å². The molecule has 0 radical (unpaired) electrons. The molecule has 144 valence electrons. The standard InChI is InChI=1S/C20H24ClN3O2S/c1-12(2)10-11-22-19(26)15-4-3-5-16-17(15)23-20(27-16)24-18(25)13-6-8-14(21)9-7-13/h6-9,12,15H,3-5,10-11H2,1-2H3,(H,22,26)(H,23,24,25). The zero-order chi connectivity index (χ0) is 19.4. The summed E-state index contributed by atoms with van der Waals surface area (Å²) in [7, 11) is 0. The number of benzene rings is 1. The lowest BCUT2D eigenvalue weighted by atomic mass is 9.90. The quantitative estimate of drug-likeness (QED) is 0.735. The maximum Gasteiger partial charge on any atom is 0.257 e. The van der Waals surface area contributed by atoms with Crippen molar-refractivity contribution in [1.29, 1.82) is 0 Å². The number of hydrogen-bond donors (Lipinski definition) is 2. The van der Waals surface area contributed by atoms with Crippen molar-refractivity contribution in [3.8, 4) is 0 Å². The second-order valence-corrected chi connectivity index (χ2v) is 8.73. The highest BCUT2D eigenvalue weighted by molar-refractivity contribution is 7.16. The van der Waals surface area contributed by atoms with Gasteiger partial charge in [0.05, 0.1) is 11.6 Å². The minimum absolute atomic E-state index is 0.0393. The number of aryl methyl sites for hydroxylation is 1. The van der Waals surface area contributed by atoms with Crippen LogP contribution in [0.5, 0.6) is 0 Å². The summed E-state index contributed by atoms with van der Waals surface area (Å²) < 4.78 is 0. The highest BCUT2D eigenvalue weighted by Gasteiger charge is 2.30. The van der Waals surface area contributed by atoms with Gasteiger partial charge in [-0.15, -0.1) is 11.3 Å². The van der Waals surface area contributed by atoms with E-state index in [2.05, 4.69) is 29.5 Å². The van der Waals surface area contributed by atoms with Gasteiger partial charge in [-0.3, -0.25) is 14.9 Å². The average Bonchev–Trinajstić information content (AvgIpc) is 3.04. The minimum atomic E-state index is -0.226. The van der Waals surface area contributed by atoms with Gasteiger partial charge in [-0.25, -0.2) is 4.98 Å². The van der Waals surface area contributed by atoms with Gasteiger partial charge in [0.25, 0.3) is 5.91 Å². The molecule has 0 saturated heterocycles. The van der Waals surface area contributed by atoms with E-state index >= 15 is 0 Å². The first-order valence-electron chi connectivity index (χ1n) is 9.28. The summed E-state index contributed by atoms with van der Waals surface area (Å²) in [6, 6.07) is 6.72. The summed E-state index contributed by atoms with van der Waals surface area (Å²) in [6.07, 6.45) is 3.63. The van der Waals surface area contributed by atoms with Gasteiger partial charge in [0.15, 0.2) is 5.13 Å². The van der Waals surface area contributed by atoms with Crippen molar-refractivity contribution in [3.63, 3.8) is 0 Å². The molecule has 0 bridgehead atoms. The molecule has 7 heteroatoms. The lowest BCUT2D eigenvalue weighted by Gasteiger charge is -2.20. The molecule has 1 heterocycles. The number of nitrogens with one attached hydrogen (secondary N) is 2. The van der Waals surface area contributed by atoms with Crippen LogP contribution in [0.3, 0.4) is 0 Å². The zero-order valence-corrected chi connectivity index (χ0v) is 17.1. The van der Waals surface area contributed by atoms with Crippen molar-refractivity contribution in [3.05, 3.63) is 45.4 Å². The zero-order valence-electron chi connectivity index (χ0n) is 15.5. The lowest BCUT2D eigenvalue weighted by molar-refractivity contribution is -0.122. The van der Waals surface area contributed by atoms with Crippen LogP contribution in [0.1, 0.15) is 60.0 Å². The second kappa shape index (κ2) is 8.85. The number of fused-ring (bicyclic) bond motifs is 1. The Balaban J connectivity index is 1.68. The van der Waals surface area contributed by atoms with E-state index < -0.39 is 0 Å². The van der Waals surface area contributed by atoms with E-state index in [0.29, 0.717) is 28.2 Å². The fourth-order valence-corrected chi connectivity index (χ4v) is 4.29.